The van der Waals surface area contributed by atoms with E-state index in [1.807, 2.05) is 19.1 Å². The summed E-state index contributed by atoms with van der Waals surface area (Å²) in [4.78, 5) is 13.7. The number of piperazine rings is 1. The Balaban J connectivity index is 1.60. The second-order valence-corrected chi connectivity index (χ2v) is 9.52. The van der Waals surface area contributed by atoms with Gasteiger partial charge in [-0.1, -0.05) is 18.2 Å². The van der Waals surface area contributed by atoms with Crippen LogP contribution in [0.25, 0.3) is 0 Å². The van der Waals surface area contributed by atoms with Crippen LogP contribution >= 0.6 is 11.3 Å². The number of rotatable bonds is 6. The van der Waals surface area contributed by atoms with Gasteiger partial charge in [0.1, 0.15) is 9.96 Å². The Morgan fingerprint density at radius 1 is 1.22 bits per heavy atom. The van der Waals surface area contributed by atoms with Crippen molar-refractivity contribution in [3.8, 4) is 5.75 Å². The highest BCUT2D eigenvalue weighted by molar-refractivity contribution is 7.91. The molecular formula is C18H24N3O4S2+. The Hall–Kier alpha value is -1.94. The molecule has 3 rings (SSSR count). The molecule has 2 N–H and O–H groups in total. The van der Waals surface area contributed by atoms with Crippen LogP contribution in [0.3, 0.4) is 0 Å². The van der Waals surface area contributed by atoms with Crippen molar-refractivity contribution in [2.75, 3.05) is 38.6 Å². The minimum Gasteiger partial charge on any atom is -0.495 e. The minimum absolute atomic E-state index is 0.107. The predicted octanol–water partition coefficient (Wildman–Crippen LogP) is 0.673. The topological polar surface area (TPSA) is 80.2 Å². The first-order valence-electron chi connectivity index (χ1n) is 8.75. The van der Waals surface area contributed by atoms with Gasteiger partial charge in [0.2, 0.25) is 0 Å². The van der Waals surface area contributed by atoms with Crippen LogP contribution in [0.4, 0.5) is 5.69 Å². The fraction of sp³-hybridized carbons (Fsp3) is 0.389. The van der Waals surface area contributed by atoms with Crippen molar-refractivity contribution in [2.45, 2.75) is 17.2 Å². The SMILES string of the molecule is COc1ccccc1NC(=O)[C@H](C)[NH+]1CCN(S(=O)(=O)c2cccs2)CC1. The molecule has 2 heterocycles. The van der Waals surface area contributed by atoms with Crippen LogP contribution in [0.15, 0.2) is 46.0 Å². The summed E-state index contributed by atoms with van der Waals surface area (Å²) < 4.78 is 32.3. The molecule has 0 spiro atoms. The molecule has 27 heavy (non-hydrogen) atoms. The quantitative estimate of drug-likeness (QED) is 0.734. The molecule has 1 saturated heterocycles. The molecule has 1 aromatic carbocycles. The van der Waals surface area contributed by atoms with Crippen molar-refractivity contribution in [3.05, 3.63) is 41.8 Å². The fourth-order valence-corrected chi connectivity index (χ4v) is 5.74. The lowest BCUT2D eigenvalue weighted by Gasteiger charge is -2.34. The number of nitrogens with one attached hydrogen (secondary N) is 2. The minimum atomic E-state index is -3.42. The number of amides is 1. The second kappa shape index (κ2) is 8.39. The van der Waals surface area contributed by atoms with Crippen LogP contribution in [0.5, 0.6) is 5.75 Å². The van der Waals surface area contributed by atoms with Gasteiger partial charge in [0, 0.05) is 0 Å². The van der Waals surface area contributed by atoms with Crippen molar-refractivity contribution < 1.29 is 22.8 Å². The maximum atomic E-state index is 12.6. The fourth-order valence-electron chi connectivity index (χ4n) is 3.16. The monoisotopic (exact) mass is 410 g/mol. The Morgan fingerprint density at radius 2 is 1.93 bits per heavy atom. The number of nitrogens with zero attached hydrogens (tertiary/aromatic N) is 1. The van der Waals surface area contributed by atoms with Gasteiger partial charge in [-0.15, -0.1) is 11.3 Å². The van der Waals surface area contributed by atoms with E-state index in [9.17, 15) is 13.2 Å². The number of sulfonamides is 1. The normalized spacial score (nSPS) is 17.4. The van der Waals surface area contributed by atoms with E-state index in [-0.39, 0.29) is 11.9 Å². The summed E-state index contributed by atoms with van der Waals surface area (Å²) in [5.41, 5.74) is 0.634. The third-order valence-electron chi connectivity index (χ3n) is 4.82. The molecule has 0 saturated carbocycles. The molecule has 2 aromatic rings. The highest BCUT2D eigenvalue weighted by Crippen LogP contribution is 2.23. The van der Waals surface area contributed by atoms with E-state index in [0.717, 1.165) is 4.90 Å². The first-order valence-corrected chi connectivity index (χ1v) is 11.1. The van der Waals surface area contributed by atoms with Crippen LogP contribution in [-0.2, 0) is 14.8 Å². The van der Waals surface area contributed by atoms with E-state index < -0.39 is 10.0 Å². The van der Waals surface area contributed by atoms with E-state index in [4.69, 9.17) is 4.74 Å². The van der Waals surface area contributed by atoms with Crippen LogP contribution < -0.4 is 15.0 Å². The number of carbonyl (C=O) groups excluding carboxylic acids is 1. The number of ether oxygens (including phenoxy) is 1. The Bertz CT molecular complexity index is 876. The molecule has 9 heteroatoms. The van der Waals surface area contributed by atoms with E-state index in [1.165, 1.54) is 15.6 Å². The van der Waals surface area contributed by atoms with Gasteiger partial charge in [0.05, 0.1) is 39.0 Å². The van der Waals surface area contributed by atoms with Gasteiger partial charge in [-0.25, -0.2) is 8.42 Å². The standard InChI is InChI=1S/C18H23N3O4S2/c1-14(18(22)19-15-6-3-4-7-16(15)25-2)20-9-11-21(12-10-20)27(23,24)17-8-5-13-26-17/h3-8,13-14H,9-12H2,1-2H3,(H,19,22)/p+1/t14-/m0/s1. The number of methoxy groups -OCH3 is 1. The average Bonchev–Trinajstić information content (AvgIpc) is 3.23. The molecule has 1 aromatic heterocycles. The summed E-state index contributed by atoms with van der Waals surface area (Å²) in [5.74, 6) is 0.504. The summed E-state index contributed by atoms with van der Waals surface area (Å²) in [7, 11) is -1.86. The third-order valence-corrected chi connectivity index (χ3v) is 8.10. The highest BCUT2D eigenvalue weighted by Gasteiger charge is 2.34. The molecule has 1 aliphatic heterocycles. The molecule has 1 aliphatic rings. The number of hydrogen-bond donors (Lipinski definition) is 2. The van der Waals surface area contributed by atoms with Gasteiger partial charge in [-0.05, 0) is 30.5 Å². The first-order chi connectivity index (χ1) is 12.9. The Kier molecular flexibility index (Phi) is 6.15. The summed E-state index contributed by atoms with van der Waals surface area (Å²) in [5, 5.41) is 4.67. The van der Waals surface area contributed by atoms with Crippen LogP contribution in [-0.4, -0.2) is 58.0 Å². The molecule has 0 aliphatic carbocycles. The van der Waals surface area contributed by atoms with Gasteiger partial charge in [0.15, 0.2) is 6.04 Å². The van der Waals surface area contributed by atoms with Gasteiger partial charge in [-0.2, -0.15) is 4.31 Å². The highest BCUT2D eigenvalue weighted by atomic mass is 32.2. The van der Waals surface area contributed by atoms with Crippen molar-refractivity contribution >= 4 is 33.0 Å². The zero-order valence-corrected chi connectivity index (χ0v) is 17.0. The maximum Gasteiger partial charge on any atom is 0.282 e. The van der Waals surface area contributed by atoms with Crippen molar-refractivity contribution in [2.24, 2.45) is 0 Å². The van der Waals surface area contributed by atoms with Crippen LogP contribution in [0.2, 0.25) is 0 Å². The molecule has 0 unspecified atom stereocenters. The Labute approximate surface area is 163 Å². The van der Waals surface area contributed by atoms with Crippen LogP contribution in [0, 0.1) is 0 Å². The summed E-state index contributed by atoms with van der Waals surface area (Å²) in [6, 6.07) is 10.3. The van der Waals surface area contributed by atoms with Gasteiger partial charge < -0.3 is 15.0 Å². The van der Waals surface area contributed by atoms with E-state index in [1.54, 1.807) is 36.8 Å². The van der Waals surface area contributed by atoms with Gasteiger partial charge >= 0.3 is 0 Å². The number of thiophene rings is 1. The third kappa shape index (κ3) is 4.32. The second-order valence-electron chi connectivity index (χ2n) is 6.41. The molecule has 146 valence electrons. The number of benzene rings is 1. The maximum absolute atomic E-state index is 12.6. The lowest BCUT2D eigenvalue weighted by atomic mass is 10.2. The molecular weight excluding hydrogens is 386 g/mol. The number of para-hydroxylation sites is 2. The number of carbonyl (C=O) groups is 1. The lowest BCUT2D eigenvalue weighted by molar-refractivity contribution is -0.917. The van der Waals surface area contributed by atoms with Gasteiger partial charge in [0.25, 0.3) is 15.9 Å². The zero-order valence-electron chi connectivity index (χ0n) is 15.3. The molecule has 1 amide bonds. The summed E-state index contributed by atoms with van der Waals surface area (Å²) in [6.07, 6.45) is 0. The number of hydrogen-bond acceptors (Lipinski definition) is 5. The summed E-state index contributed by atoms with van der Waals surface area (Å²) in [6.45, 7) is 3.85. The lowest BCUT2D eigenvalue weighted by Crippen LogP contribution is -3.19. The molecule has 0 radical (unpaired) electrons. The summed E-state index contributed by atoms with van der Waals surface area (Å²) >= 11 is 1.23. The van der Waals surface area contributed by atoms with Crippen molar-refractivity contribution in [3.63, 3.8) is 0 Å². The predicted molar refractivity (Wildman–Crippen MR) is 105 cm³/mol. The molecule has 0 bridgehead atoms. The largest absolute Gasteiger partial charge is 0.495 e. The van der Waals surface area contributed by atoms with E-state index in [2.05, 4.69) is 5.32 Å². The van der Waals surface area contributed by atoms with E-state index in [0.29, 0.717) is 41.8 Å². The zero-order chi connectivity index (χ0) is 19.4. The number of quaternary nitrogens is 1. The Morgan fingerprint density at radius 3 is 2.56 bits per heavy atom. The van der Waals surface area contributed by atoms with Crippen molar-refractivity contribution in [1.29, 1.82) is 0 Å². The first kappa shape index (κ1) is 19.8. The van der Waals surface area contributed by atoms with Crippen LogP contribution in [0.1, 0.15) is 6.92 Å². The van der Waals surface area contributed by atoms with E-state index >= 15 is 0 Å². The van der Waals surface area contributed by atoms with Crippen molar-refractivity contribution in [1.82, 2.24) is 4.31 Å². The average molecular weight is 411 g/mol. The smallest absolute Gasteiger partial charge is 0.282 e. The molecule has 1 atom stereocenters. The van der Waals surface area contributed by atoms with Gasteiger partial charge in [-0.3, -0.25) is 4.79 Å². The molecule has 1 fully saturated rings. The molecule has 7 nitrogen and oxygen atoms in total. The number of anilines is 1.